The number of nitrogens with one attached hydrogen (secondary N) is 1. The molecule has 0 bridgehead atoms. The molecule has 0 aromatic heterocycles. The quantitative estimate of drug-likeness (QED) is 0.193. The number of hydrogen-bond acceptors (Lipinski definition) is 6. The molecular formula is C13H18N4O2S. The Balaban J connectivity index is 2.58. The van der Waals surface area contributed by atoms with Crippen LogP contribution in [0.2, 0.25) is 0 Å². The van der Waals surface area contributed by atoms with Gasteiger partial charge in [-0.25, -0.2) is 0 Å². The maximum absolute atomic E-state index is 10.5. The average Bonchev–Trinajstić information content (AvgIpc) is 2.44. The summed E-state index contributed by atoms with van der Waals surface area (Å²) in [6, 6.07) is 7.46. The number of aliphatic imine (C=N–C) groups is 1. The molecule has 20 heavy (non-hydrogen) atoms. The van der Waals surface area contributed by atoms with Crippen molar-refractivity contribution >= 4 is 41.9 Å². The van der Waals surface area contributed by atoms with Gasteiger partial charge in [0.15, 0.2) is 0 Å². The first-order chi connectivity index (χ1) is 9.65. The number of nitrogens with two attached hydrogens (primary N) is 1. The number of carbonyl (C=O) groups is 1. The first kappa shape index (κ1) is 16.0. The van der Waals surface area contributed by atoms with Gasteiger partial charge in [0.2, 0.25) is 0 Å². The van der Waals surface area contributed by atoms with Crippen molar-refractivity contribution < 1.29 is 9.90 Å². The van der Waals surface area contributed by atoms with Crippen LogP contribution in [0.3, 0.4) is 0 Å². The van der Waals surface area contributed by atoms with E-state index in [-0.39, 0.29) is 12.1 Å². The smallest absolute Gasteiger partial charge is 0.309 e. The summed E-state index contributed by atoms with van der Waals surface area (Å²) < 4.78 is 0. The molecule has 0 aliphatic heterocycles. The molecule has 1 rings (SSSR count). The Bertz CT molecular complexity index is 486. The molecule has 7 heteroatoms. The Morgan fingerprint density at radius 3 is 2.65 bits per heavy atom. The number of carboxylic acids is 1. The first-order valence-electron chi connectivity index (χ1n) is 6.13. The topological polar surface area (TPSA) is 100 Å². The third kappa shape index (κ3) is 6.24. The lowest BCUT2D eigenvalue weighted by Gasteiger charge is -2.04. The molecule has 0 aliphatic carbocycles. The molecule has 0 radical (unpaired) electrons. The fraction of sp³-hybridized carbons (Fsp3) is 0.308. The third-order valence-electron chi connectivity index (χ3n) is 2.39. The summed E-state index contributed by atoms with van der Waals surface area (Å²) >= 11 is 4.14. The Hall–Kier alpha value is -2.02. The lowest BCUT2D eigenvalue weighted by Crippen LogP contribution is -2.10. The van der Waals surface area contributed by atoms with E-state index in [1.807, 2.05) is 24.3 Å². The molecule has 108 valence electrons. The lowest BCUT2D eigenvalue weighted by atomic mass is 10.2. The monoisotopic (exact) mass is 294 g/mol. The summed E-state index contributed by atoms with van der Waals surface area (Å²) in [6.45, 7) is 0.870. The molecule has 4 N–H and O–H groups in total. The predicted octanol–water partition coefficient (Wildman–Crippen LogP) is 1.91. The molecule has 0 spiro atoms. The molecule has 0 atom stereocenters. The van der Waals surface area contributed by atoms with Gasteiger partial charge in [0.1, 0.15) is 0 Å². The highest BCUT2D eigenvalue weighted by atomic mass is 32.1. The van der Waals surface area contributed by atoms with E-state index >= 15 is 0 Å². The van der Waals surface area contributed by atoms with Crippen LogP contribution in [0.15, 0.2) is 34.4 Å². The summed E-state index contributed by atoms with van der Waals surface area (Å²) in [7, 11) is 0. The number of thiol groups is 1. The van der Waals surface area contributed by atoms with E-state index < -0.39 is 5.97 Å². The molecule has 0 unspecified atom stereocenters. The maximum atomic E-state index is 10.5. The highest BCUT2D eigenvalue weighted by Crippen LogP contribution is 2.15. The van der Waals surface area contributed by atoms with E-state index in [1.54, 1.807) is 0 Å². The van der Waals surface area contributed by atoms with Crippen molar-refractivity contribution in [3.8, 4) is 0 Å². The van der Waals surface area contributed by atoms with E-state index in [2.05, 4.69) is 28.0 Å². The second kappa shape index (κ2) is 8.98. The van der Waals surface area contributed by atoms with Gasteiger partial charge in [-0.15, -0.1) is 0 Å². The fourth-order valence-electron chi connectivity index (χ4n) is 1.41. The lowest BCUT2D eigenvalue weighted by molar-refractivity contribution is -0.135. The SMILES string of the molecule is NN=C(C=Nc1ccc(NCCCS)cc1)CC(=O)O. The molecule has 0 fully saturated rings. The molecule has 6 nitrogen and oxygen atoms in total. The van der Waals surface area contributed by atoms with Crippen LogP contribution in [-0.2, 0) is 4.79 Å². The molecule has 0 saturated carbocycles. The first-order valence-corrected chi connectivity index (χ1v) is 6.76. The average molecular weight is 294 g/mol. The second-order valence-electron chi connectivity index (χ2n) is 4.00. The van der Waals surface area contributed by atoms with Crippen molar-refractivity contribution in [1.82, 2.24) is 0 Å². The van der Waals surface area contributed by atoms with Crippen LogP contribution in [0, 0.1) is 0 Å². The van der Waals surface area contributed by atoms with Crippen LogP contribution in [0.5, 0.6) is 0 Å². The van der Waals surface area contributed by atoms with Gasteiger partial charge in [0.05, 0.1) is 24.0 Å². The summed E-state index contributed by atoms with van der Waals surface area (Å²) in [5.74, 6) is 4.95. The minimum absolute atomic E-state index is 0.216. The molecule has 0 saturated heterocycles. The Kier molecular flexibility index (Phi) is 7.20. The molecule has 1 aromatic rings. The molecule has 0 aliphatic rings. The number of rotatable bonds is 8. The van der Waals surface area contributed by atoms with Crippen LogP contribution in [0.1, 0.15) is 12.8 Å². The van der Waals surface area contributed by atoms with Gasteiger partial charge in [-0.05, 0) is 36.4 Å². The van der Waals surface area contributed by atoms with Gasteiger partial charge in [-0.1, -0.05) is 0 Å². The Labute approximate surface area is 123 Å². The van der Waals surface area contributed by atoms with Gasteiger partial charge < -0.3 is 16.3 Å². The summed E-state index contributed by atoms with van der Waals surface area (Å²) in [5.41, 5.74) is 1.92. The van der Waals surface area contributed by atoms with E-state index in [0.29, 0.717) is 5.69 Å². The number of nitrogens with zero attached hydrogens (tertiary/aromatic N) is 2. The van der Waals surface area contributed by atoms with Crippen LogP contribution >= 0.6 is 12.6 Å². The van der Waals surface area contributed by atoms with Crippen molar-refractivity contribution in [1.29, 1.82) is 0 Å². The van der Waals surface area contributed by atoms with Crippen molar-refractivity contribution in [3.05, 3.63) is 24.3 Å². The van der Waals surface area contributed by atoms with E-state index in [0.717, 1.165) is 24.4 Å². The summed E-state index contributed by atoms with van der Waals surface area (Å²) in [6.07, 6.45) is 2.11. The van der Waals surface area contributed by atoms with Gasteiger partial charge in [0.25, 0.3) is 0 Å². The highest BCUT2D eigenvalue weighted by Gasteiger charge is 2.02. The predicted molar refractivity (Wildman–Crippen MR) is 85.4 cm³/mol. The molecule has 0 amide bonds. The van der Waals surface area contributed by atoms with Crippen LogP contribution < -0.4 is 11.2 Å². The molecule has 0 heterocycles. The zero-order valence-corrected chi connectivity index (χ0v) is 11.9. The van der Waals surface area contributed by atoms with Crippen molar-refractivity contribution in [3.63, 3.8) is 0 Å². The van der Waals surface area contributed by atoms with Crippen molar-refractivity contribution in [2.24, 2.45) is 15.9 Å². The van der Waals surface area contributed by atoms with Crippen molar-refractivity contribution in [2.75, 3.05) is 17.6 Å². The standard InChI is InChI=1S/C13H18N4O2S/c14-17-12(8-13(18)19)9-16-11-4-2-10(3-5-11)15-6-1-7-20/h2-5,9,15,20H,1,6-8,14H2,(H,18,19). The highest BCUT2D eigenvalue weighted by molar-refractivity contribution is 7.80. The van der Waals surface area contributed by atoms with Gasteiger partial charge in [-0.2, -0.15) is 17.7 Å². The van der Waals surface area contributed by atoms with Crippen LogP contribution in [0.25, 0.3) is 0 Å². The normalized spacial score (nSPS) is 11.8. The second-order valence-corrected chi connectivity index (χ2v) is 4.45. The molecular weight excluding hydrogens is 276 g/mol. The maximum Gasteiger partial charge on any atom is 0.309 e. The minimum Gasteiger partial charge on any atom is -0.481 e. The van der Waals surface area contributed by atoms with Crippen LogP contribution in [0.4, 0.5) is 11.4 Å². The Morgan fingerprint density at radius 2 is 2.10 bits per heavy atom. The van der Waals surface area contributed by atoms with Crippen molar-refractivity contribution in [2.45, 2.75) is 12.8 Å². The zero-order valence-electron chi connectivity index (χ0n) is 11.0. The summed E-state index contributed by atoms with van der Waals surface area (Å²) in [5, 5.41) is 15.3. The number of hydrazone groups is 1. The van der Waals surface area contributed by atoms with Gasteiger partial charge in [0, 0.05) is 12.2 Å². The Morgan fingerprint density at radius 1 is 1.40 bits per heavy atom. The van der Waals surface area contributed by atoms with Gasteiger partial charge >= 0.3 is 5.97 Å². The summed E-state index contributed by atoms with van der Waals surface area (Å²) in [4.78, 5) is 14.7. The van der Waals surface area contributed by atoms with E-state index in [9.17, 15) is 4.79 Å². The van der Waals surface area contributed by atoms with Gasteiger partial charge in [-0.3, -0.25) is 9.79 Å². The number of benzene rings is 1. The number of aliphatic carboxylic acids is 1. The number of carboxylic acid groups (broad SMARTS) is 1. The van der Waals surface area contributed by atoms with Crippen LogP contribution in [-0.4, -0.2) is 35.3 Å². The largest absolute Gasteiger partial charge is 0.481 e. The fourth-order valence-corrected chi connectivity index (χ4v) is 1.56. The number of hydrogen-bond donors (Lipinski definition) is 4. The molecule has 1 aromatic carbocycles. The minimum atomic E-state index is -0.996. The third-order valence-corrected chi connectivity index (χ3v) is 2.71. The van der Waals surface area contributed by atoms with E-state index in [4.69, 9.17) is 10.9 Å². The number of anilines is 1. The zero-order chi connectivity index (χ0) is 14.8. The van der Waals surface area contributed by atoms with E-state index in [1.165, 1.54) is 6.21 Å².